The van der Waals surface area contributed by atoms with Gasteiger partial charge in [0.25, 0.3) is 5.91 Å². The van der Waals surface area contributed by atoms with Crippen LogP contribution in [0.4, 0.5) is 4.39 Å². The third-order valence-electron chi connectivity index (χ3n) is 4.16. The lowest BCUT2D eigenvalue weighted by atomic mass is 10.0. The van der Waals surface area contributed by atoms with Crippen molar-refractivity contribution in [2.75, 3.05) is 13.7 Å². The lowest BCUT2D eigenvalue weighted by Crippen LogP contribution is -2.31. The molecule has 1 amide bonds. The van der Waals surface area contributed by atoms with Crippen LogP contribution in [0.2, 0.25) is 0 Å². The van der Waals surface area contributed by atoms with Gasteiger partial charge in [-0.2, -0.15) is 0 Å². The van der Waals surface area contributed by atoms with E-state index < -0.39 is 0 Å². The zero-order valence-electron chi connectivity index (χ0n) is 14.7. The molecule has 0 fully saturated rings. The predicted molar refractivity (Wildman–Crippen MR) is 93.2 cm³/mol. The lowest BCUT2D eigenvalue weighted by molar-refractivity contribution is -0.132. The molecule has 0 N–H and O–H groups in total. The molecule has 2 aromatic carbocycles. The number of ether oxygens (including phenoxy) is 2. The van der Waals surface area contributed by atoms with E-state index in [-0.39, 0.29) is 23.9 Å². The number of amides is 1. The average molecular weight is 343 g/mol. The molecule has 0 unspecified atom stereocenters. The highest BCUT2D eigenvalue weighted by molar-refractivity contribution is 5.77. The molecule has 25 heavy (non-hydrogen) atoms. The average Bonchev–Trinajstić information content (AvgIpc) is 2.89. The number of fused-ring (bicyclic) bond motifs is 1. The third-order valence-corrected chi connectivity index (χ3v) is 4.16. The van der Waals surface area contributed by atoms with Gasteiger partial charge in [0.2, 0.25) is 0 Å². The molecule has 0 spiro atoms. The van der Waals surface area contributed by atoms with Gasteiger partial charge in [0.1, 0.15) is 11.4 Å². The van der Waals surface area contributed by atoms with Crippen LogP contribution in [0.5, 0.6) is 11.5 Å². The summed E-state index contributed by atoms with van der Waals surface area (Å²) in [6, 6.07) is 11.8. The summed E-state index contributed by atoms with van der Waals surface area (Å²) in [5.74, 6) is 0.870. The van der Waals surface area contributed by atoms with E-state index in [1.807, 2.05) is 32.0 Å². The second-order valence-electron chi connectivity index (χ2n) is 6.95. The smallest absolute Gasteiger partial charge is 0.260 e. The molecule has 5 heteroatoms. The van der Waals surface area contributed by atoms with Crippen molar-refractivity contribution in [3.63, 3.8) is 0 Å². The van der Waals surface area contributed by atoms with Crippen LogP contribution in [0.3, 0.4) is 0 Å². The summed E-state index contributed by atoms with van der Waals surface area (Å²) >= 11 is 0. The largest absolute Gasteiger partial charge is 0.483 e. The first-order chi connectivity index (χ1) is 11.8. The predicted octanol–water partition coefficient (Wildman–Crippen LogP) is 3.58. The van der Waals surface area contributed by atoms with Crippen molar-refractivity contribution in [3.8, 4) is 11.5 Å². The minimum atomic E-state index is -0.290. The van der Waals surface area contributed by atoms with Gasteiger partial charge in [-0.15, -0.1) is 0 Å². The summed E-state index contributed by atoms with van der Waals surface area (Å²) < 4.78 is 24.6. The second kappa shape index (κ2) is 6.75. The molecule has 1 aliphatic heterocycles. The number of nitrogens with zero attached hydrogens (tertiary/aromatic N) is 1. The molecule has 2 aromatic rings. The Kier molecular flexibility index (Phi) is 4.66. The van der Waals surface area contributed by atoms with Gasteiger partial charge in [0, 0.05) is 25.6 Å². The highest BCUT2D eigenvalue weighted by Gasteiger charge is 2.32. The number of carbonyl (C=O) groups is 1. The fraction of sp³-hybridized carbons (Fsp3) is 0.350. The lowest BCUT2D eigenvalue weighted by Gasteiger charge is -2.20. The van der Waals surface area contributed by atoms with Crippen molar-refractivity contribution < 1.29 is 18.7 Å². The van der Waals surface area contributed by atoms with Gasteiger partial charge >= 0.3 is 0 Å². The van der Waals surface area contributed by atoms with Gasteiger partial charge in [-0.05, 0) is 37.6 Å². The summed E-state index contributed by atoms with van der Waals surface area (Å²) in [4.78, 5) is 13.9. The third kappa shape index (κ3) is 4.10. The zero-order chi connectivity index (χ0) is 18.0. The molecule has 0 bridgehead atoms. The molecular weight excluding hydrogens is 321 g/mol. The van der Waals surface area contributed by atoms with Gasteiger partial charge < -0.3 is 14.4 Å². The molecule has 0 radical (unpaired) electrons. The quantitative estimate of drug-likeness (QED) is 0.833. The Balaban J connectivity index is 1.60. The van der Waals surface area contributed by atoms with Gasteiger partial charge in [-0.1, -0.05) is 24.3 Å². The van der Waals surface area contributed by atoms with E-state index in [2.05, 4.69) is 0 Å². The monoisotopic (exact) mass is 343 g/mol. The standard InChI is InChI=1S/C20H22FNO3/c1-20(2)11-15-5-4-6-17(19(15)25-20)24-13-18(23)22(3)12-14-7-9-16(21)10-8-14/h4-10H,11-13H2,1-3H3. The van der Waals surface area contributed by atoms with Crippen molar-refractivity contribution in [1.29, 1.82) is 0 Å². The Morgan fingerprint density at radius 3 is 2.68 bits per heavy atom. The highest BCUT2D eigenvalue weighted by Crippen LogP contribution is 2.41. The van der Waals surface area contributed by atoms with Crippen LogP contribution in [-0.2, 0) is 17.8 Å². The van der Waals surface area contributed by atoms with Crippen LogP contribution in [0.1, 0.15) is 25.0 Å². The summed E-state index contributed by atoms with van der Waals surface area (Å²) in [5, 5.41) is 0. The van der Waals surface area contributed by atoms with Crippen LogP contribution < -0.4 is 9.47 Å². The maximum Gasteiger partial charge on any atom is 0.260 e. The Hall–Kier alpha value is -2.56. The fourth-order valence-electron chi connectivity index (χ4n) is 2.90. The normalized spacial score (nSPS) is 14.6. The number of hydrogen-bond donors (Lipinski definition) is 0. The highest BCUT2D eigenvalue weighted by atomic mass is 19.1. The summed E-state index contributed by atoms with van der Waals surface area (Å²) in [7, 11) is 1.70. The number of likely N-dealkylation sites (N-methyl/N-ethyl adjacent to an activating group) is 1. The molecule has 4 nitrogen and oxygen atoms in total. The van der Waals surface area contributed by atoms with Crippen molar-refractivity contribution in [3.05, 3.63) is 59.4 Å². The maximum absolute atomic E-state index is 12.9. The first-order valence-corrected chi connectivity index (χ1v) is 8.26. The summed E-state index contributed by atoms with van der Waals surface area (Å²) in [5.41, 5.74) is 1.70. The second-order valence-corrected chi connectivity index (χ2v) is 6.95. The molecule has 132 valence electrons. The Labute approximate surface area is 147 Å². The molecule has 0 aliphatic carbocycles. The van der Waals surface area contributed by atoms with Crippen molar-refractivity contribution >= 4 is 5.91 Å². The number of benzene rings is 2. The SMILES string of the molecule is CN(Cc1ccc(F)cc1)C(=O)COc1cccc2c1OC(C)(C)C2. The Morgan fingerprint density at radius 2 is 1.96 bits per heavy atom. The molecule has 1 aliphatic rings. The molecule has 0 saturated heterocycles. The molecule has 0 aromatic heterocycles. The zero-order valence-corrected chi connectivity index (χ0v) is 14.7. The fourth-order valence-corrected chi connectivity index (χ4v) is 2.90. The topological polar surface area (TPSA) is 38.8 Å². The van der Waals surface area contributed by atoms with E-state index in [1.54, 1.807) is 24.1 Å². The first-order valence-electron chi connectivity index (χ1n) is 8.26. The van der Waals surface area contributed by atoms with Crippen LogP contribution in [0, 0.1) is 5.82 Å². The first kappa shape index (κ1) is 17.3. The Bertz CT molecular complexity index is 771. The van der Waals surface area contributed by atoms with Crippen molar-refractivity contribution in [2.45, 2.75) is 32.4 Å². The van der Waals surface area contributed by atoms with Gasteiger partial charge in [-0.25, -0.2) is 4.39 Å². The van der Waals surface area contributed by atoms with E-state index >= 15 is 0 Å². The number of hydrogen-bond acceptors (Lipinski definition) is 3. The van der Waals surface area contributed by atoms with Crippen LogP contribution in [0.15, 0.2) is 42.5 Å². The maximum atomic E-state index is 12.9. The molecular formula is C20H22FNO3. The van der Waals surface area contributed by atoms with Gasteiger partial charge in [0.15, 0.2) is 18.1 Å². The van der Waals surface area contributed by atoms with E-state index in [1.165, 1.54) is 12.1 Å². The molecule has 0 atom stereocenters. The van der Waals surface area contributed by atoms with E-state index in [0.717, 1.165) is 23.3 Å². The van der Waals surface area contributed by atoms with E-state index in [0.29, 0.717) is 12.3 Å². The Morgan fingerprint density at radius 1 is 1.24 bits per heavy atom. The molecule has 1 heterocycles. The minimum Gasteiger partial charge on any atom is -0.483 e. The van der Waals surface area contributed by atoms with Crippen molar-refractivity contribution in [1.82, 2.24) is 4.90 Å². The summed E-state index contributed by atoms with van der Waals surface area (Å²) in [6.07, 6.45) is 0.817. The van der Waals surface area contributed by atoms with Crippen molar-refractivity contribution in [2.24, 2.45) is 0 Å². The number of carbonyl (C=O) groups excluding carboxylic acids is 1. The van der Waals surface area contributed by atoms with Gasteiger partial charge in [-0.3, -0.25) is 4.79 Å². The van der Waals surface area contributed by atoms with Crippen LogP contribution >= 0.6 is 0 Å². The summed E-state index contributed by atoms with van der Waals surface area (Å²) in [6.45, 7) is 4.38. The number of rotatable bonds is 5. The van der Waals surface area contributed by atoms with Gasteiger partial charge in [0.05, 0.1) is 0 Å². The molecule has 3 rings (SSSR count). The van der Waals surface area contributed by atoms with E-state index in [4.69, 9.17) is 9.47 Å². The van der Waals surface area contributed by atoms with Crippen LogP contribution in [0.25, 0.3) is 0 Å². The number of halogens is 1. The van der Waals surface area contributed by atoms with Crippen LogP contribution in [-0.4, -0.2) is 30.1 Å². The molecule has 0 saturated carbocycles. The minimum absolute atomic E-state index is 0.0715. The van der Waals surface area contributed by atoms with E-state index in [9.17, 15) is 9.18 Å². The number of para-hydroxylation sites is 1.